The third-order valence-electron chi connectivity index (χ3n) is 9.58. The number of fused-ring (bicyclic) bond motifs is 4. The van der Waals surface area contributed by atoms with Crippen molar-refractivity contribution in [3.8, 4) is 22.3 Å². The maximum atomic E-state index is 2.53. The molecule has 0 bridgehead atoms. The van der Waals surface area contributed by atoms with E-state index in [1.807, 2.05) is 0 Å². The molecule has 0 aromatic heterocycles. The van der Waals surface area contributed by atoms with Crippen LogP contribution in [0.2, 0.25) is 0 Å². The lowest BCUT2D eigenvalue weighted by Crippen LogP contribution is -2.64. The zero-order valence-electron chi connectivity index (χ0n) is 24.8. The topological polar surface area (TPSA) is 3.24 Å². The first kappa shape index (κ1) is 25.9. The highest BCUT2D eigenvalue weighted by Gasteiger charge is 2.42. The minimum atomic E-state index is 0.123. The van der Waals surface area contributed by atoms with Crippen molar-refractivity contribution >= 4 is 63.3 Å². The monoisotopic (exact) mass is 569 g/mol. The number of anilines is 3. The summed E-state index contributed by atoms with van der Waals surface area (Å²) in [5.41, 5.74) is 16.9. The Morgan fingerprint density at radius 1 is 0.311 bits per heavy atom. The fraction of sp³-hybridized carbons (Fsp3) is 0. The predicted molar refractivity (Wildman–Crippen MR) is 194 cm³/mol. The lowest BCUT2D eigenvalue weighted by atomic mass is 9.30. The Kier molecular flexibility index (Phi) is 6.09. The highest BCUT2D eigenvalue weighted by Crippen LogP contribution is 2.37. The normalized spacial score (nSPS) is 12.8. The van der Waals surface area contributed by atoms with Crippen LogP contribution in [0.5, 0.6) is 0 Å². The molecule has 0 unspecified atom stereocenters. The largest absolute Gasteiger partial charge is 0.313 e. The summed E-state index contributed by atoms with van der Waals surface area (Å²) in [6, 6.07) is 64.7. The zero-order chi connectivity index (χ0) is 29.7. The molecule has 0 fully saturated rings. The second kappa shape index (κ2) is 10.6. The number of nitrogens with zero attached hydrogens (tertiary/aromatic N) is 1. The fourth-order valence-electron chi connectivity index (χ4n) is 7.66. The molecule has 7 aromatic carbocycles. The van der Waals surface area contributed by atoms with Crippen LogP contribution in [0, 0.1) is 0 Å². The van der Waals surface area contributed by atoms with Crippen molar-refractivity contribution in [2.24, 2.45) is 0 Å². The zero-order valence-corrected chi connectivity index (χ0v) is 24.8. The third-order valence-corrected chi connectivity index (χ3v) is 9.58. The first-order chi connectivity index (χ1) is 22.3. The average Bonchev–Trinajstić information content (AvgIpc) is 3.12. The SMILES string of the molecule is c1ccc(-c2cccc(B3c4ccccc4N4c5ccccc5B(c5cccc(-c6ccccc6)c5)c5cccc3c54)c2)cc1. The number of rotatable bonds is 4. The minimum absolute atomic E-state index is 0.123. The Labute approximate surface area is 265 Å². The quantitative estimate of drug-likeness (QED) is 0.230. The van der Waals surface area contributed by atoms with Crippen LogP contribution in [-0.2, 0) is 0 Å². The summed E-state index contributed by atoms with van der Waals surface area (Å²) in [4.78, 5) is 2.53. The molecule has 0 saturated heterocycles. The van der Waals surface area contributed by atoms with E-state index in [2.05, 4.69) is 181 Å². The number of hydrogen-bond acceptors (Lipinski definition) is 1. The molecule has 3 heteroatoms. The van der Waals surface area contributed by atoms with Gasteiger partial charge in [-0.25, -0.2) is 0 Å². The van der Waals surface area contributed by atoms with Crippen LogP contribution in [0.1, 0.15) is 0 Å². The van der Waals surface area contributed by atoms with Gasteiger partial charge in [-0.05, 0) is 56.2 Å². The molecule has 1 nitrogen and oxygen atoms in total. The molecule has 45 heavy (non-hydrogen) atoms. The van der Waals surface area contributed by atoms with Gasteiger partial charge in [-0.15, -0.1) is 0 Å². The Morgan fingerprint density at radius 3 is 1.18 bits per heavy atom. The van der Waals surface area contributed by atoms with E-state index < -0.39 is 0 Å². The highest BCUT2D eigenvalue weighted by atomic mass is 15.2. The van der Waals surface area contributed by atoms with Gasteiger partial charge < -0.3 is 4.90 Å². The highest BCUT2D eigenvalue weighted by molar-refractivity contribution is 7.02. The maximum Gasteiger partial charge on any atom is 0.246 e. The molecule has 0 spiro atoms. The van der Waals surface area contributed by atoms with E-state index in [9.17, 15) is 0 Å². The molecule has 7 aromatic rings. The van der Waals surface area contributed by atoms with E-state index in [1.54, 1.807) is 0 Å². The summed E-state index contributed by atoms with van der Waals surface area (Å²) >= 11 is 0. The summed E-state index contributed by atoms with van der Waals surface area (Å²) in [6.07, 6.45) is 0. The summed E-state index contributed by atoms with van der Waals surface area (Å²) < 4.78 is 0. The molecule has 9 rings (SSSR count). The molecule has 0 atom stereocenters. The van der Waals surface area contributed by atoms with E-state index in [-0.39, 0.29) is 13.4 Å². The number of benzene rings is 7. The van der Waals surface area contributed by atoms with E-state index in [4.69, 9.17) is 0 Å². The summed E-state index contributed by atoms with van der Waals surface area (Å²) in [5.74, 6) is 0. The van der Waals surface area contributed by atoms with Crippen molar-refractivity contribution in [1.29, 1.82) is 0 Å². The van der Waals surface area contributed by atoms with E-state index >= 15 is 0 Å². The molecule has 0 aliphatic carbocycles. The van der Waals surface area contributed by atoms with Crippen molar-refractivity contribution in [1.82, 2.24) is 0 Å². The molecular weight excluding hydrogens is 540 g/mol. The first-order valence-electron chi connectivity index (χ1n) is 15.8. The lowest BCUT2D eigenvalue weighted by molar-refractivity contribution is 1.30. The van der Waals surface area contributed by atoms with Crippen LogP contribution < -0.4 is 37.7 Å². The molecule has 0 N–H and O–H groups in total. The molecule has 208 valence electrons. The van der Waals surface area contributed by atoms with Gasteiger partial charge in [0.25, 0.3) is 0 Å². The van der Waals surface area contributed by atoms with Crippen LogP contribution in [0.4, 0.5) is 17.1 Å². The van der Waals surface area contributed by atoms with Gasteiger partial charge >= 0.3 is 0 Å². The van der Waals surface area contributed by atoms with E-state index in [0.29, 0.717) is 0 Å². The van der Waals surface area contributed by atoms with Crippen molar-refractivity contribution in [2.75, 3.05) is 4.90 Å². The second-order valence-corrected chi connectivity index (χ2v) is 12.1. The number of hydrogen-bond donors (Lipinski definition) is 0. The van der Waals surface area contributed by atoms with E-state index in [0.717, 1.165) is 0 Å². The maximum absolute atomic E-state index is 2.53. The lowest BCUT2D eigenvalue weighted by Gasteiger charge is -2.43. The molecule has 0 saturated carbocycles. The van der Waals surface area contributed by atoms with Crippen molar-refractivity contribution < 1.29 is 0 Å². The van der Waals surface area contributed by atoms with Gasteiger partial charge in [-0.3, -0.25) is 0 Å². The van der Waals surface area contributed by atoms with Crippen molar-refractivity contribution in [2.45, 2.75) is 0 Å². The van der Waals surface area contributed by atoms with Crippen LogP contribution in [0.15, 0.2) is 176 Å². The van der Waals surface area contributed by atoms with Crippen molar-refractivity contribution in [3.63, 3.8) is 0 Å². The van der Waals surface area contributed by atoms with Gasteiger partial charge in [-0.1, -0.05) is 175 Å². The molecule has 2 aliphatic heterocycles. The van der Waals surface area contributed by atoms with Gasteiger partial charge in [0.15, 0.2) is 0 Å². The van der Waals surface area contributed by atoms with Gasteiger partial charge in [0, 0.05) is 17.1 Å². The molecule has 2 heterocycles. The minimum Gasteiger partial charge on any atom is -0.313 e. The Morgan fingerprint density at radius 2 is 0.689 bits per heavy atom. The van der Waals surface area contributed by atoms with E-state index in [1.165, 1.54) is 72.1 Å². The summed E-state index contributed by atoms with van der Waals surface area (Å²) in [6.45, 7) is 0.246. The Balaban J connectivity index is 1.28. The smallest absolute Gasteiger partial charge is 0.246 e. The molecule has 0 radical (unpaired) electrons. The second-order valence-electron chi connectivity index (χ2n) is 12.1. The average molecular weight is 569 g/mol. The predicted octanol–water partition coefficient (Wildman–Crippen LogP) is 6.15. The standard InChI is InChI=1S/C42H29B2N/c1-3-14-30(15-4-1)32-18-11-20-34(28-32)43-36-22-7-9-26-40(36)45-41-27-10-8-23-37(41)44(39-25-13-24-38(43)42(39)45)35-21-12-19-33(29-35)31-16-5-2-6-17-31/h1-29H. The molecule has 0 amide bonds. The van der Waals surface area contributed by atoms with Gasteiger partial charge in [-0.2, -0.15) is 0 Å². The van der Waals surface area contributed by atoms with Crippen LogP contribution in [0.3, 0.4) is 0 Å². The first-order valence-corrected chi connectivity index (χ1v) is 15.8. The number of para-hydroxylation sites is 3. The van der Waals surface area contributed by atoms with Gasteiger partial charge in [0.05, 0.1) is 0 Å². The Hall–Kier alpha value is -5.53. The fourth-order valence-corrected chi connectivity index (χ4v) is 7.66. The summed E-state index contributed by atoms with van der Waals surface area (Å²) in [7, 11) is 0. The van der Waals surface area contributed by atoms with Gasteiger partial charge in [0.1, 0.15) is 0 Å². The summed E-state index contributed by atoms with van der Waals surface area (Å²) in [5, 5.41) is 0. The Bertz CT molecular complexity index is 2040. The van der Waals surface area contributed by atoms with Crippen LogP contribution in [0.25, 0.3) is 22.3 Å². The third kappa shape index (κ3) is 4.19. The molecular formula is C42H29B2N. The van der Waals surface area contributed by atoms with Crippen LogP contribution >= 0.6 is 0 Å². The van der Waals surface area contributed by atoms with Gasteiger partial charge in [0.2, 0.25) is 13.4 Å². The van der Waals surface area contributed by atoms with Crippen LogP contribution in [-0.4, -0.2) is 13.4 Å². The van der Waals surface area contributed by atoms with Crippen molar-refractivity contribution in [3.05, 3.63) is 176 Å². The molecule has 2 aliphatic rings.